The van der Waals surface area contributed by atoms with Crippen LogP contribution >= 0.6 is 11.8 Å². The number of rotatable bonds is 8. The lowest BCUT2D eigenvalue weighted by Crippen LogP contribution is -2.17. The molecule has 0 fully saturated rings. The zero-order valence-corrected chi connectivity index (χ0v) is 16.5. The number of non-ortho nitro benzene ring substituents is 1. The third-order valence-electron chi connectivity index (χ3n) is 3.99. The van der Waals surface area contributed by atoms with Crippen molar-refractivity contribution in [1.82, 2.24) is 5.43 Å². The molecule has 1 aromatic heterocycles. The van der Waals surface area contributed by atoms with Crippen molar-refractivity contribution >= 4 is 29.6 Å². The number of nitro groups is 1. The SMILES string of the molecule is Cc1ccc(SCCC(=O)N/N=C\c2ccc(-c3ccc([N+](=O)[O-])cc3)o2)cc1. The molecule has 0 bridgehead atoms. The van der Waals surface area contributed by atoms with Crippen molar-refractivity contribution in [1.29, 1.82) is 0 Å². The summed E-state index contributed by atoms with van der Waals surface area (Å²) in [6.07, 6.45) is 1.77. The van der Waals surface area contributed by atoms with E-state index in [2.05, 4.69) is 10.5 Å². The zero-order valence-electron chi connectivity index (χ0n) is 15.7. The monoisotopic (exact) mass is 409 g/mol. The summed E-state index contributed by atoms with van der Waals surface area (Å²) in [5, 5.41) is 14.6. The molecule has 2 aromatic carbocycles. The number of benzene rings is 2. The number of carbonyl (C=O) groups excluding carboxylic acids is 1. The second kappa shape index (κ2) is 9.70. The van der Waals surface area contributed by atoms with Gasteiger partial charge in [0.25, 0.3) is 5.69 Å². The topological polar surface area (TPSA) is 97.7 Å². The first kappa shape index (κ1) is 20.3. The van der Waals surface area contributed by atoms with E-state index < -0.39 is 4.92 Å². The van der Waals surface area contributed by atoms with Crippen molar-refractivity contribution in [2.75, 3.05) is 5.75 Å². The number of aryl methyl sites for hydroxylation is 1. The Kier molecular flexibility index (Phi) is 6.80. The quantitative estimate of drug-likeness (QED) is 0.249. The van der Waals surface area contributed by atoms with Crippen LogP contribution in [0.15, 0.2) is 75.1 Å². The summed E-state index contributed by atoms with van der Waals surface area (Å²) in [5.74, 6) is 1.51. The molecule has 0 spiro atoms. The van der Waals surface area contributed by atoms with Crippen molar-refractivity contribution in [3.05, 3.63) is 82.1 Å². The van der Waals surface area contributed by atoms with Gasteiger partial charge in [-0.3, -0.25) is 14.9 Å². The van der Waals surface area contributed by atoms with Crippen molar-refractivity contribution in [2.45, 2.75) is 18.2 Å². The first-order valence-corrected chi connectivity index (χ1v) is 9.86. The van der Waals surface area contributed by atoms with Gasteiger partial charge in [0.15, 0.2) is 0 Å². The van der Waals surface area contributed by atoms with Gasteiger partial charge in [0, 0.05) is 34.8 Å². The minimum Gasteiger partial charge on any atom is -0.455 e. The van der Waals surface area contributed by atoms with Crippen LogP contribution in [0.2, 0.25) is 0 Å². The molecule has 29 heavy (non-hydrogen) atoms. The minimum atomic E-state index is -0.452. The number of nitrogens with one attached hydrogen (secondary N) is 1. The van der Waals surface area contributed by atoms with Gasteiger partial charge in [-0.25, -0.2) is 5.43 Å². The van der Waals surface area contributed by atoms with E-state index in [0.29, 0.717) is 29.3 Å². The molecule has 0 aliphatic rings. The number of hydrogen-bond acceptors (Lipinski definition) is 6. The fourth-order valence-electron chi connectivity index (χ4n) is 2.44. The Balaban J connectivity index is 1.46. The number of furan rings is 1. The second-order valence-corrected chi connectivity index (χ2v) is 7.38. The van der Waals surface area contributed by atoms with Crippen LogP contribution in [0.3, 0.4) is 0 Å². The maximum Gasteiger partial charge on any atom is 0.269 e. The number of nitro benzene ring substituents is 1. The van der Waals surface area contributed by atoms with Gasteiger partial charge in [0.05, 0.1) is 11.1 Å². The summed E-state index contributed by atoms with van der Waals surface area (Å²) < 4.78 is 5.63. The second-order valence-electron chi connectivity index (χ2n) is 6.21. The maximum atomic E-state index is 11.9. The lowest BCUT2D eigenvalue weighted by Gasteiger charge is -2.01. The van der Waals surface area contributed by atoms with Gasteiger partial charge >= 0.3 is 0 Å². The summed E-state index contributed by atoms with van der Waals surface area (Å²) in [7, 11) is 0. The van der Waals surface area contributed by atoms with Crippen molar-refractivity contribution in [3.63, 3.8) is 0 Å². The lowest BCUT2D eigenvalue weighted by molar-refractivity contribution is -0.384. The highest BCUT2D eigenvalue weighted by molar-refractivity contribution is 7.99. The van der Waals surface area contributed by atoms with E-state index >= 15 is 0 Å². The van der Waals surface area contributed by atoms with E-state index in [1.54, 1.807) is 36.0 Å². The number of hydrazone groups is 1. The largest absolute Gasteiger partial charge is 0.455 e. The van der Waals surface area contributed by atoms with Gasteiger partial charge in [-0.1, -0.05) is 17.7 Å². The molecular weight excluding hydrogens is 390 g/mol. The van der Waals surface area contributed by atoms with Gasteiger partial charge in [0.1, 0.15) is 11.5 Å². The van der Waals surface area contributed by atoms with Gasteiger partial charge in [-0.05, 0) is 43.3 Å². The molecule has 3 rings (SSSR count). The van der Waals surface area contributed by atoms with E-state index in [0.717, 1.165) is 4.90 Å². The predicted molar refractivity (Wildman–Crippen MR) is 113 cm³/mol. The molecule has 0 saturated heterocycles. The first-order valence-electron chi connectivity index (χ1n) is 8.87. The Labute approximate surface area is 172 Å². The van der Waals surface area contributed by atoms with Crippen LogP contribution in [0.1, 0.15) is 17.7 Å². The molecule has 1 N–H and O–H groups in total. The fourth-order valence-corrected chi connectivity index (χ4v) is 3.30. The molecule has 0 aliphatic heterocycles. The van der Waals surface area contributed by atoms with Gasteiger partial charge in [0.2, 0.25) is 5.91 Å². The molecular formula is C21H19N3O4S. The molecule has 7 nitrogen and oxygen atoms in total. The number of amides is 1. The predicted octanol–water partition coefficient (Wildman–Crippen LogP) is 4.80. The van der Waals surface area contributed by atoms with E-state index in [9.17, 15) is 14.9 Å². The van der Waals surface area contributed by atoms with Crippen LogP contribution in [0.5, 0.6) is 0 Å². The third kappa shape index (κ3) is 6.05. The molecule has 1 amide bonds. The highest BCUT2D eigenvalue weighted by Crippen LogP contribution is 2.24. The van der Waals surface area contributed by atoms with Crippen LogP contribution in [-0.4, -0.2) is 22.8 Å². The molecule has 0 aliphatic carbocycles. The fraction of sp³-hybridized carbons (Fsp3) is 0.143. The highest BCUT2D eigenvalue weighted by atomic mass is 32.2. The Hall–Kier alpha value is -3.39. The lowest BCUT2D eigenvalue weighted by atomic mass is 10.1. The van der Waals surface area contributed by atoms with E-state index in [1.807, 2.05) is 31.2 Å². The Morgan fingerprint density at radius 2 is 1.86 bits per heavy atom. The van der Waals surface area contributed by atoms with Crippen molar-refractivity contribution in [3.8, 4) is 11.3 Å². The summed E-state index contributed by atoms with van der Waals surface area (Å²) in [4.78, 5) is 23.2. The summed E-state index contributed by atoms with van der Waals surface area (Å²) in [6.45, 7) is 2.04. The average molecular weight is 409 g/mol. The summed E-state index contributed by atoms with van der Waals surface area (Å²) >= 11 is 1.62. The number of carbonyl (C=O) groups is 1. The first-order chi connectivity index (χ1) is 14.0. The Morgan fingerprint density at radius 1 is 1.14 bits per heavy atom. The molecule has 0 unspecified atom stereocenters. The molecule has 0 radical (unpaired) electrons. The number of hydrogen-bond donors (Lipinski definition) is 1. The average Bonchev–Trinajstić information content (AvgIpc) is 3.18. The standard InChI is InChI=1S/C21H19N3O4S/c1-15-2-9-19(10-3-15)29-13-12-21(25)23-22-14-18-8-11-20(28-18)16-4-6-17(7-5-16)24(26)27/h2-11,14H,12-13H2,1H3,(H,23,25)/b22-14-. The molecule has 3 aromatic rings. The van der Waals surface area contributed by atoms with E-state index in [-0.39, 0.29) is 11.6 Å². The van der Waals surface area contributed by atoms with Crippen molar-refractivity contribution < 1.29 is 14.1 Å². The van der Waals surface area contributed by atoms with E-state index in [4.69, 9.17) is 4.42 Å². The minimum absolute atomic E-state index is 0.0188. The zero-order chi connectivity index (χ0) is 20.6. The molecule has 0 atom stereocenters. The van der Waals surface area contributed by atoms with Crippen LogP contribution in [0.4, 0.5) is 5.69 Å². The van der Waals surface area contributed by atoms with Crippen LogP contribution in [0, 0.1) is 17.0 Å². The number of thioether (sulfide) groups is 1. The van der Waals surface area contributed by atoms with Gasteiger partial charge in [-0.2, -0.15) is 5.10 Å². The van der Waals surface area contributed by atoms with Crippen LogP contribution < -0.4 is 5.43 Å². The molecule has 1 heterocycles. The Bertz CT molecular complexity index is 1010. The van der Waals surface area contributed by atoms with Gasteiger partial charge in [-0.15, -0.1) is 11.8 Å². The maximum absolute atomic E-state index is 11.9. The van der Waals surface area contributed by atoms with Crippen LogP contribution in [0.25, 0.3) is 11.3 Å². The normalized spacial score (nSPS) is 10.9. The highest BCUT2D eigenvalue weighted by Gasteiger charge is 2.08. The van der Waals surface area contributed by atoms with E-state index in [1.165, 1.54) is 23.9 Å². The summed E-state index contributed by atoms with van der Waals surface area (Å²) in [6, 6.07) is 17.7. The smallest absolute Gasteiger partial charge is 0.269 e. The summed E-state index contributed by atoms with van der Waals surface area (Å²) in [5.41, 5.74) is 4.42. The third-order valence-corrected chi connectivity index (χ3v) is 5.00. The molecule has 148 valence electrons. The van der Waals surface area contributed by atoms with Crippen LogP contribution in [-0.2, 0) is 4.79 Å². The number of nitrogens with zero attached hydrogens (tertiary/aromatic N) is 2. The molecule has 8 heteroatoms. The molecule has 0 saturated carbocycles. The van der Waals surface area contributed by atoms with Crippen molar-refractivity contribution in [2.24, 2.45) is 5.10 Å². The van der Waals surface area contributed by atoms with Gasteiger partial charge < -0.3 is 4.42 Å². The Morgan fingerprint density at radius 3 is 2.55 bits per heavy atom.